The molecule has 0 radical (unpaired) electrons. The van der Waals surface area contributed by atoms with E-state index in [0.717, 1.165) is 25.7 Å². The summed E-state index contributed by atoms with van der Waals surface area (Å²) in [5.74, 6) is 0.861. The summed E-state index contributed by atoms with van der Waals surface area (Å²) in [5, 5.41) is 6.27. The lowest BCUT2D eigenvalue weighted by molar-refractivity contribution is -0.123. The second-order valence-electron chi connectivity index (χ2n) is 9.77. The third-order valence-electron chi connectivity index (χ3n) is 5.87. The number of amides is 1. The molecule has 1 saturated heterocycles. The van der Waals surface area contributed by atoms with Crippen molar-refractivity contribution in [2.75, 3.05) is 32.6 Å². The van der Waals surface area contributed by atoms with Crippen molar-refractivity contribution in [1.82, 2.24) is 9.62 Å². The van der Waals surface area contributed by atoms with Gasteiger partial charge in [0.15, 0.2) is 11.5 Å². The third-order valence-corrected chi connectivity index (χ3v) is 7.78. The van der Waals surface area contributed by atoms with Crippen molar-refractivity contribution in [3.63, 3.8) is 0 Å². The van der Waals surface area contributed by atoms with Gasteiger partial charge in [0, 0.05) is 24.3 Å². The molecule has 1 heterocycles. The van der Waals surface area contributed by atoms with Gasteiger partial charge in [0.25, 0.3) is 0 Å². The fourth-order valence-electron chi connectivity index (χ4n) is 4.10. The smallest absolute Gasteiger partial charge is 0.247 e. The maximum atomic E-state index is 13.2. The molecule has 8 nitrogen and oxygen atoms in total. The summed E-state index contributed by atoms with van der Waals surface area (Å²) < 4.78 is 38.5. The van der Waals surface area contributed by atoms with Crippen LogP contribution in [0.4, 0.5) is 5.69 Å². The molecule has 0 unspecified atom stereocenters. The van der Waals surface area contributed by atoms with Gasteiger partial charge in [0.05, 0.1) is 19.1 Å². The fraction of sp³-hybridized carbons (Fsp3) is 0.500. The molecule has 2 aromatic carbocycles. The molecular weight excluding hydrogens is 466 g/mol. The number of hydrogen-bond donors (Lipinski definition) is 2. The Morgan fingerprint density at radius 1 is 0.914 bits per heavy atom. The van der Waals surface area contributed by atoms with Crippen LogP contribution in [0.5, 0.6) is 11.5 Å². The number of hydrogen-bond acceptors (Lipinski definition) is 6. The van der Waals surface area contributed by atoms with E-state index in [9.17, 15) is 13.2 Å². The van der Waals surface area contributed by atoms with Gasteiger partial charge < -0.3 is 20.1 Å². The van der Waals surface area contributed by atoms with Crippen LogP contribution in [0.25, 0.3) is 0 Å². The SMILES string of the molecule is COc1ccc([C@@H](Nc2ccc(S(=O)(=O)N3CCCCCC3)cc2)C(=O)NC(C)(C)C)cc1OC. The van der Waals surface area contributed by atoms with E-state index in [1.165, 1.54) is 0 Å². The maximum Gasteiger partial charge on any atom is 0.247 e. The normalized spacial score (nSPS) is 16.1. The van der Waals surface area contributed by atoms with E-state index in [0.29, 0.717) is 35.8 Å². The number of nitrogens with one attached hydrogen (secondary N) is 2. The lowest BCUT2D eigenvalue weighted by atomic mass is 10.0. The minimum Gasteiger partial charge on any atom is -0.493 e. The van der Waals surface area contributed by atoms with E-state index in [1.807, 2.05) is 20.8 Å². The topological polar surface area (TPSA) is 97.0 Å². The van der Waals surface area contributed by atoms with Gasteiger partial charge in [-0.2, -0.15) is 4.31 Å². The third kappa shape index (κ3) is 6.89. The first-order chi connectivity index (χ1) is 16.5. The zero-order chi connectivity index (χ0) is 25.6. The predicted molar refractivity (Wildman–Crippen MR) is 137 cm³/mol. The number of anilines is 1. The molecule has 1 fully saturated rings. The van der Waals surface area contributed by atoms with E-state index in [2.05, 4.69) is 10.6 Å². The van der Waals surface area contributed by atoms with Gasteiger partial charge in [-0.15, -0.1) is 0 Å². The quantitative estimate of drug-likeness (QED) is 0.556. The Balaban J connectivity index is 1.88. The van der Waals surface area contributed by atoms with Crippen molar-refractivity contribution in [1.29, 1.82) is 0 Å². The number of ether oxygens (including phenoxy) is 2. The Hall–Kier alpha value is -2.78. The average Bonchev–Trinajstić information content (AvgIpc) is 3.11. The zero-order valence-electron chi connectivity index (χ0n) is 21.3. The van der Waals surface area contributed by atoms with Crippen LogP contribution in [0.3, 0.4) is 0 Å². The molecule has 3 rings (SSSR count). The predicted octanol–water partition coefficient (Wildman–Crippen LogP) is 4.34. The molecule has 35 heavy (non-hydrogen) atoms. The largest absolute Gasteiger partial charge is 0.493 e. The van der Waals surface area contributed by atoms with Gasteiger partial charge >= 0.3 is 0 Å². The molecule has 0 aromatic heterocycles. The first-order valence-corrected chi connectivity index (χ1v) is 13.4. The lowest BCUT2D eigenvalue weighted by Gasteiger charge is -2.27. The van der Waals surface area contributed by atoms with Crippen LogP contribution < -0.4 is 20.1 Å². The van der Waals surface area contributed by atoms with Gasteiger partial charge in [-0.1, -0.05) is 18.9 Å². The van der Waals surface area contributed by atoms with Crippen molar-refractivity contribution in [3.05, 3.63) is 48.0 Å². The summed E-state index contributed by atoms with van der Waals surface area (Å²) in [5.41, 5.74) is 0.882. The first-order valence-electron chi connectivity index (χ1n) is 12.0. The summed E-state index contributed by atoms with van der Waals surface area (Å²) in [6.45, 7) is 6.85. The Morgan fingerprint density at radius 2 is 1.51 bits per heavy atom. The number of carbonyl (C=O) groups excluding carboxylic acids is 1. The summed E-state index contributed by atoms with van der Waals surface area (Å²) in [6, 6.07) is 11.2. The van der Waals surface area contributed by atoms with E-state index >= 15 is 0 Å². The molecule has 1 amide bonds. The van der Waals surface area contributed by atoms with Crippen LogP contribution >= 0.6 is 0 Å². The van der Waals surface area contributed by atoms with Crippen LogP contribution in [0, 0.1) is 0 Å². The van der Waals surface area contributed by atoms with Gasteiger partial charge in [-0.25, -0.2) is 8.42 Å². The summed E-state index contributed by atoms with van der Waals surface area (Å²) in [4.78, 5) is 13.5. The van der Waals surface area contributed by atoms with Crippen molar-refractivity contribution in [2.45, 2.75) is 62.9 Å². The summed E-state index contributed by atoms with van der Waals surface area (Å²) in [7, 11) is -0.443. The standard InChI is InChI=1S/C26H37N3O5S/c1-26(2,3)28-25(30)24(19-10-15-22(33-4)23(18-19)34-5)27-20-11-13-21(14-12-20)35(31,32)29-16-8-6-7-9-17-29/h10-15,18,24,27H,6-9,16-17H2,1-5H3,(H,28,30)/t24-/m1/s1. The Labute approximate surface area is 209 Å². The zero-order valence-corrected chi connectivity index (χ0v) is 22.1. The molecule has 9 heteroatoms. The van der Waals surface area contributed by atoms with Gasteiger partial charge in [-0.05, 0) is 75.6 Å². The van der Waals surface area contributed by atoms with E-state index in [4.69, 9.17) is 9.47 Å². The van der Waals surface area contributed by atoms with E-state index in [-0.39, 0.29) is 10.8 Å². The highest BCUT2D eigenvalue weighted by molar-refractivity contribution is 7.89. The van der Waals surface area contributed by atoms with Crippen LogP contribution in [-0.2, 0) is 14.8 Å². The molecule has 0 bridgehead atoms. The molecule has 2 aromatic rings. The number of nitrogens with zero attached hydrogens (tertiary/aromatic N) is 1. The molecular formula is C26H37N3O5S. The molecule has 1 atom stereocenters. The van der Waals surface area contributed by atoms with Gasteiger partial charge in [0.1, 0.15) is 6.04 Å². The minimum absolute atomic E-state index is 0.217. The molecule has 2 N–H and O–H groups in total. The second-order valence-corrected chi connectivity index (χ2v) is 11.7. The fourth-order valence-corrected chi connectivity index (χ4v) is 5.61. The highest BCUT2D eigenvalue weighted by Gasteiger charge is 2.27. The molecule has 0 aliphatic carbocycles. The number of methoxy groups -OCH3 is 2. The molecule has 1 aliphatic heterocycles. The van der Waals surface area contributed by atoms with Crippen LogP contribution in [0.2, 0.25) is 0 Å². The second kappa shape index (κ2) is 11.3. The number of sulfonamides is 1. The van der Waals surface area contributed by atoms with Crippen molar-refractivity contribution >= 4 is 21.6 Å². The monoisotopic (exact) mass is 503 g/mol. The van der Waals surface area contributed by atoms with Crippen molar-refractivity contribution in [3.8, 4) is 11.5 Å². The number of carbonyl (C=O) groups is 1. The Morgan fingerprint density at radius 3 is 2.06 bits per heavy atom. The number of benzene rings is 2. The highest BCUT2D eigenvalue weighted by Crippen LogP contribution is 2.32. The van der Waals surface area contributed by atoms with Crippen molar-refractivity contribution < 1.29 is 22.7 Å². The summed E-state index contributed by atoms with van der Waals surface area (Å²) >= 11 is 0. The van der Waals surface area contributed by atoms with Crippen molar-refractivity contribution in [2.24, 2.45) is 0 Å². The molecule has 0 saturated carbocycles. The Kier molecular flexibility index (Phi) is 8.66. The van der Waals surface area contributed by atoms with E-state index < -0.39 is 21.6 Å². The maximum absolute atomic E-state index is 13.2. The average molecular weight is 504 g/mol. The Bertz CT molecular complexity index is 1100. The highest BCUT2D eigenvalue weighted by atomic mass is 32.2. The number of rotatable bonds is 8. The summed E-state index contributed by atoms with van der Waals surface area (Å²) in [6.07, 6.45) is 3.88. The van der Waals surface area contributed by atoms with Gasteiger partial charge in [-0.3, -0.25) is 4.79 Å². The first kappa shape index (κ1) is 26.8. The molecule has 1 aliphatic rings. The lowest BCUT2D eigenvalue weighted by Crippen LogP contribution is -2.44. The minimum atomic E-state index is -3.54. The van der Waals surface area contributed by atoms with Crippen LogP contribution in [0.15, 0.2) is 47.4 Å². The van der Waals surface area contributed by atoms with Crippen LogP contribution in [-0.4, -0.2) is 51.5 Å². The molecule has 192 valence electrons. The molecule has 0 spiro atoms. The van der Waals surface area contributed by atoms with Crippen LogP contribution in [0.1, 0.15) is 58.1 Å². The van der Waals surface area contributed by atoms with E-state index in [1.54, 1.807) is 61.0 Å². The van der Waals surface area contributed by atoms with Gasteiger partial charge in [0.2, 0.25) is 15.9 Å².